The second kappa shape index (κ2) is 7.25. The van der Waals surface area contributed by atoms with Gasteiger partial charge in [0.2, 0.25) is 5.83 Å². The second-order valence-electron chi connectivity index (χ2n) is 3.42. The van der Waals surface area contributed by atoms with Gasteiger partial charge in [-0.25, -0.2) is 4.39 Å². The molecule has 0 aliphatic rings. The van der Waals surface area contributed by atoms with E-state index < -0.39 is 12.0 Å². The van der Waals surface area contributed by atoms with Gasteiger partial charge in [0.25, 0.3) is 0 Å². The van der Waals surface area contributed by atoms with Crippen molar-refractivity contribution in [3.05, 3.63) is 36.7 Å². The van der Waals surface area contributed by atoms with Crippen molar-refractivity contribution in [2.45, 2.75) is 38.3 Å². The van der Waals surface area contributed by atoms with Crippen LogP contribution >= 0.6 is 0 Å². The SMILES string of the molecule is C=CCCCC(CCC=C)=C(F)C(F)(F)F. The molecule has 0 radical (unpaired) electrons. The van der Waals surface area contributed by atoms with Gasteiger partial charge in [-0.3, -0.25) is 0 Å². The zero-order valence-corrected chi connectivity index (χ0v) is 9.12. The van der Waals surface area contributed by atoms with E-state index in [2.05, 4.69) is 13.2 Å². The first-order chi connectivity index (χ1) is 7.43. The van der Waals surface area contributed by atoms with Crippen LogP contribution in [0.25, 0.3) is 0 Å². The maximum atomic E-state index is 13.0. The molecule has 0 spiro atoms. The monoisotopic (exact) mass is 236 g/mol. The molecule has 0 aliphatic heterocycles. The highest BCUT2D eigenvalue weighted by Crippen LogP contribution is 2.33. The summed E-state index contributed by atoms with van der Waals surface area (Å²) < 4.78 is 49.5. The minimum atomic E-state index is -4.87. The van der Waals surface area contributed by atoms with E-state index in [-0.39, 0.29) is 18.4 Å². The first-order valence-electron chi connectivity index (χ1n) is 5.10. The third kappa shape index (κ3) is 5.73. The van der Waals surface area contributed by atoms with Crippen LogP contribution in [0.4, 0.5) is 17.6 Å². The summed E-state index contributed by atoms with van der Waals surface area (Å²) in [6.07, 6.45) is -0.162. The third-order valence-corrected chi connectivity index (χ3v) is 2.10. The first kappa shape index (κ1) is 14.9. The smallest absolute Gasteiger partial charge is 0.202 e. The maximum Gasteiger partial charge on any atom is 0.442 e. The molecule has 0 fully saturated rings. The molecule has 0 aliphatic carbocycles. The molecule has 0 saturated carbocycles. The van der Waals surface area contributed by atoms with Gasteiger partial charge in [0.1, 0.15) is 0 Å². The van der Waals surface area contributed by atoms with Gasteiger partial charge in [-0.05, 0) is 37.7 Å². The predicted molar refractivity (Wildman–Crippen MR) is 57.7 cm³/mol. The number of rotatable bonds is 7. The van der Waals surface area contributed by atoms with E-state index in [0.29, 0.717) is 19.3 Å². The lowest BCUT2D eigenvalue weighted by Gasteiger charge is -2.10. The van der Waals surface area contributed by atoms with E-state index >= 15 is 0 Å². The van der Waals surface area contributed by atoms with E-state index in [1.165, 1.54) is 6.08 Å². The van der Waals surface area contributed by atoms with Gasteiger partial charge in [0.15, 0.2) is 0 Å². The van der Waals surface area contributed by atoms with Crippen LogP contribution in [-0.2, 0) is 0 Å². The molecule has 0 N–H and O–H groups in total. The molecule has 0 aromatic heterocycles. The summed E-state index contributed by atoms with van der Waals surface area (Å²) in [6.45, 7) is 6.87. The van der Waals surface area contributed by atoms with Crippen LogP contribution in [-0.4, -0.2) is 6.18 Å². The quantitative estimate of drug-likeness (QED) is 0.328. The fourth-order valence-corrected chi connectivity index (χ4v) is 1.28. The molecule has 0 rings (SSSR count). The Hall–Kier alpha value is -1.06. The van der Waals surface area contributed by atoms with Crippen molar-refractivity contribution in [3.63, 3.8) is 0 Å². The summed E-state index contributed by atoms with van der Waals surface area (Å²) in [4.78, 5) is 0. The molecule has 92 valence electrons. The summed E-state index contributed by atoms with van der Waals surface area (Å²) in [7, 11) is 0. The molecule has 0 aromatic carbocycles. The maximum absolute atomic E-state index is 13.0. The van der Waals surface area contributed by atoms with E-state index in [9.17, 15) is 17.6 Å². The highest BCUT2D eigenvalue weighted by molar-refractivity contribution is 5.13. The van der Waals surface area contributed by atoms with E-state index in [1.807, 2.05) is 0 Å². The number of allylic oxidation sites excluding steroid dienone is 4. The highest BCUT2D eigenvalue weighted by atomic mass is 19.4. The van der Waals surface area contributed by atoms with E-state index in [1.54, 1.807) is 6.08 Å². The number of hydrogen-bond donors (Lipinski definition) is 0. The molecule has 0 aromatic rings. The minimum Gasteiger partial charge on any atom is -0.202 e. The van der Waals surface area contributed by atoms with Gasteiger partial charge in [0.05, 0.1) is 0 Å². The molecule has 0 bridgehead atoms. The largest absolute Gasteiger partial charge is 0.442 e. The lowest BCUT2D eigenvalue weighted by molar-refractivity contribution is -0.110. The Morgan fingerprint density at radius 2 is 1.56 bits per heavy atom. The van der Waals surface area contributed by atoms with Gasteiger partial charge in [-0.2, -0.15) is 13.2 Å². The van der Waals surface area contributed by atoms with Gasteiger partial charge in [0, 0.05) is 0 Å². The van der Waals surface area contributed by atoms with E-state index in [0.717, 1.165) is 0 Å². The molecule has 0 amide bonds. The Morgan fingerprint density at radius 3 is 2.00 bits per heavy atom. The Labute approximate surface area is 93.3 Å². The fraction of sp³-hybridized carbons (Fsp3) is 0.500. The minimum absolute atomic E-state index is 0.0754. The van der Waals surface area contributed by atoms with Crippen molar-refractivity contribution in [2.75, 3.05) is 0 Å². The lowest BCUT2D eigenvalue weighted by Crippen LogP contribution is -2.11. The average molecular weight is 236 g/mol. The standard InChI is InChI=1S/C12H16F4/c1-3-5-7-9-10(8-6-4-2)11(13)12(14,15)16/h3-4H,1-2,5-9H2. The van der Waals surface area contributed by atoms with Crippen LogP contribution in [0, 0.1) is 0 Å². The fourth-order valence-electron chi connectivity index (χ4n) is 1.28. The summed E-state index contributed by atoms with van der Waals surface area (Å²) in [5, 5.41) is 0. The summed E-state index contributed by atoms with van der Waals surface area (Å²) >= 11 is 0. The summed E-state index contributed by atoms with van der Waals surface area (Å²) in [5.41, 5.74) is -0.172. The number of alkyl halides is 3. The topological polar surface area (TPSA) is 0 Å². The zero-order valence-electron chi connectivity index (χ0n) is 9.12. The van der Waals surface area contributed by atoms with E-state index in [4.69, 9.17) is 0 Å². The first-order valence-corrected chi connectivity index (χ1v) is 5.10. The van der Waals surface area contributed by atoms with Gasteiger partial charge < -0.3 is 0 Å². The van der Waals surface area contributed by atoms with Crippen LogP contribution in [0.2, 0.25) is 0 Å². The highest BCUT2D eigenvalue weighted by Gasteiger charge is 2.36. The van der Waals surface area contributed by atoms with Crippen LogP contribution in [0.1, 0.15) is 32.1 Å². The molecule has 0 unspecified atom stereocenters. The van der Waals surface area contributed by atoms with Crippen molar-refractivity contribution >= 4 is 0 Å². The van der Waals surface area contributed by atoms with Crippen molar-refractivity contribution in [1.82, 2.24) is 0 Å². The Balaban J connectivity index is 4.62. The third-order valence-electron chi connectivity index (χ3n) is 2.10. The summed E-state index contributed by atoms with van der Waals surface area (Å²) in [5.74, 6) is -1.95. The second-order valence-corrected chi connectivity index (χ2v) is 3.42. The van der Waals surface area contributed by atoms with Crippen LogP contribution < -0.4 is 0 Å². The Bertz CT molecular complexity index is 261. The molecular weight excluding hydrogens is 220 g/mol. The molecule has 4 heteroatoms. The molecular formula is C12H16F4. The van der Waals surface area contributed by atoms with Crippen molar-refractivity contribution in [3.8, 4) is 0 Å². The number of halogens is 4. The molecule has 0 nitrogen and oxygen atoms in total. The number of unbranched alkanes of at least 4 members (excludes halogenated alkanes) is 1. The molecule has 16 heavy (non-hydrogen) atoms. The molecule has 0 saturated heterocycles. The van der Waals surface area contributed by atoms with Gasteiger partial charge in [-0.15, -0.1) is 13.2 Å². The summed E-state index contributed by atoms with van der Waals surface area (Å²) in [6, 6.07) is 0. The Kier molecular flexibility index (Phi) is 6.77. The Morgan fingerprint density at radius 1 is 1.00 bits per heavy atom. The molecule has 0 atom stereocenters. The predicted octanol–water partition coefficient (Wildman–Crippen LogP) is 5.09. The van der Waals surface area contributed by atoms with Crippen molar-refractivity contribution < 1.29 is 17.6 Å². The van der Waals surface area contributed by atoms with Gasteiger partial charge in [-0.1, -0.05) is 12.2 Å². The van der Waals surface area contributed by atoms with Crippen LogP contribution in [0.3, 0.4) is 0 Å². The van der Waals surface area contributed by atoms with Crippen molar-refractivity contribution in [2.24, 2.45) is 0 Å². The number of hydrogen-bond acceptors (Lipinski definition) is 0. The van der Waals surface area contributed by atoms with Crippen LogP contribution in [0.5, 0.6) is 0 Å². The van der Waals surface area contributed by atoms with Crippen molar-refractivity contribution in [1.29, 1.82) is 0 Å². The lowest BCUT2D eigenvalue weighted by atomic mass is 10.0. The van der Waals surface area contributed by atoms with Crippen LogP contribution in [0.15, 0.2) is 36.7 Å². The molecule has 0 heterocycles. The van der Waals surface area contributed by atoms with Gasteiger partial charge >= 0.3 is 6.18 Å². The zero-order chi connectivity index (χ0) is 12.6. The average Bonchev–Trinajstić information content (AvgIpc) is 2.21. The normalized spacial score (nSPS) is 13.2.